The Morgan fingerprint density at radius 1 is 1.21 bits per heavy atom. The molecule has 5 nitrogen and oxygen atoms in total. The van der Waals surface area contributed by atoms with Crippen LogP contribution >= 0.6 is 0 Å². The number of hydrogen-bond acceptors (Lipinski definition) is 5. The van der Waals surface area contributed by atoms with Crippen molar-refractivity contribution < 1.29 is 18.4 Å². The monoisotopic (exact) mass is 328 g/mol. The highest BCUT2D eigenvalue weighted by atomic mass is 19.1. The Morgan fingerprint density at radius 3 is 2.79 bits per heavy atom. The number of aromatic nitrogens is 1. The largest absolute Gasteiger partial charge is 0.461 e. The second-order valence-corrected chi connectivity index (χ2v) is 6.05. The van der Waals surface area contributed by atoms with E-state index in [9.17, 15) is 9.50 Å². The lowest BCUT2D eigenvalue weighted by Crippen LogP contribution is -2.24. The van der Waals surface area contributed by atoms with E-state index in [2.05, 4.69) is 10.1 Å². The first kappa shape index (κ1) is 15.1. The molecule has 0 spiro atoms. The normalized spacial score (nSPS) is 21.4. The smallest absolute Gasteiger partial charge is 0.202 e. The van der Waals surface area contributed by atoms with Crippen molar-refractivity contribution in [3.8, 4) is 11.5 Å². The van der Waals surface area contributed by atoms with Gasteiger partial charge in [0.05, 0.1) is 18.1 Å². The van der Waals surface area contributed by atoms with E-state index in [0.29, 0.717) is 31.0 Å². The van der Waals surface area contributed by atoms with Gasteiger partial charge in [0.15, 0.2) is 5.76 Å². The fourth-order valence-corrected chi connectivity index (χ4v) is 3.22. The minimum Gasteiger partial charge on any atom is -0.461 e. The fraction of sp³-hybridized carbons (Fsp3) is 0.278. The van der Waals surface area contributed by atoms with E-state index in [4.69, 9.17) is 8.94 Å². The number of rotatable bonds is 4. The second kappa shape index (κ2) is 6.22. The predicted molar refractivity (Wildman–Crippen MR) is 84.4 cm³/mol. The predicted octanol–water partition coefficient (Wildman–Crippen LogP) is 3.38. The van der Waals surface area contributed by atoms with Crippen LogP contribution in [0.1, 0.15) is 23.7 Å². The van der Waals surface area contributed by atoms with Gasteiger partial charge in [0.25, 0.3) is 0 Å². The van der Waals surface area contributed by atoms with Crippen LogP contribution in [0.5, 0.6) is 0 Å². The zero-order valence-corrected chi connectivity index (χ0v) is 12.9. The molecule has 1 aliphatic rings. The van der Waals surface area contributed by atoms with E-state index in [0.717, 1.165) is 11.3 Å². The summed E-state index contributed by atoms with van der Waals surface area (Å²) < 4.78 is 23.8. The molecule has 1 saturated heterocycles. The Kier molecular flexibility index (Phi) is 3.92. The molecule has 6 heteroatoms. The molecule has 2 atom stereocenters. The van der Waals surface area contributed by atoms with Crippen LogP contribution in [0.15, 0.2) is 57.7 Å². The van der Waals surface area contributed by atoms with E-state index >= 15 is 0 Å². The van der Waals surface area contributed by atoms with Crippen LogP contribution in [-0.4, -0.2) is 27.8 Å². The van der Waals surface area contributed by atoms with Crippen LogP contribution in [0.4, 0.5) is 4.39 Å². The molecule has 1 N–H and O–H groups in total. The Balaban J connectivity index is 1.53. The number of furan rings is 1. The Morgan fingerprint density at radius 2 is 2.04 bits per heavy atom. The number of β-amino-alcohol motifs (C(OH)–C–C–N with tert-alkyl or cyclic N) is 1. The molecule has 1 aliphatic heterocycles. The third-order valence-corrected chi connectivity index (χ3v) is 4.32. The van der Waals surface area contributed by atoms with Gasteiger partial charge in [-0.25, -0.2) is 4.39 Å². The van der Waals surface area contributed by atoms with Crippen molar-refractivity contribution in [2.45, 2.75) is 25.1 Å². The maximum absolute atomic E-state index is 13.1. The summed E-state index contributed by atoms with van der Waals surface area (Å²) in [4.78, 5) is 2.13. The number of benzene rings is 1. The van der Waals surface area contributed by atoms with E-state index in [1.807, 2.05) is 12.1 Å². The van der Waals surface area contributed by atoms with Crippen molar-refractivity contribution in [3.63, 3.8) is 0 Å². The van der Waals surface area contributed by atoms with E-state index in [1.54, 1.807) is 24.5 Å². The van der Waals surface area contributed by atoms with Gasteiger partial charge in [-0.05, 0) is 36.2 Å². The number of likely N-dealkylation sites (tertiary alicyclic amines) is 1. The van der Waals surface area contributed by atoms with Crippen LogP contribution in [0.2, 0.25) is 0 Å². The van der Waals surface area contributed by atoms with Gasteiger partial charge in [-0.1, -0.05) is 17.3 Å². The van der Waals surface area contributed by atoms with Crippen molar-refractivity contribution in [2.75, 3.05) is 6.54 Å². The quantitative estimate of drug-likeness (QED) is 0.795. The molecule has 0 saturated carbocycles. The van der Waals surface area contributed by atoms with Gasteiger partial charge < -0.3 is 14.0 Å². The maximum Gasteiger partial charge on any atom is 0.202 e. The molecule has 2 unspecified atom stereocenters. The first-order valence-corrected chi connectivity index (χ1v) is 7.86. The van der Waals surface area contributed by atoms with Crippen LogP contribution in [0, 0.1) is 5.82 Å². The van der Waals surface area contributed by atoms with Gasteiger partial charge in [0.1, 0.15) is 5.82 Å². The van der Waals surface area contributed by atoms with Gasteiger partial charge in [-0.2, -0.15) is 0 Å². The van der Waals surface area contributed by atoms with Gasteiger partial charge in [0, 0.05) is 25.2 Å². The van der Waals surface area contributed by atoms with Crippen LogP contribution in [-0.2, 0) is 6.54 Å². The van der Waals surface area contributed by atoms with Crippen LogP contribution in [0.3, 0.4) is 0 Å². The standard InChI is InChI=1S/C18H17FN2O3/c19-13-5-3-12(4-6-13)16-9-15(22)11-21(16)10-14-8-18(24-20-14)17-2-1-7-23-17/h1-8,15-16,22H,9-11H2. The summed E-state index contributed by atoms with van der Waals surface area (Å²) in [5, 5.41) is 14.1. The number of halogens is 1. The topological polar surface area (TPSA) is 62.6 Å². The van der Waals surface area contributed by atoms with E-state index < -0.39 is 6.10 Å². The van der Waals surface area contributed by atoms with Gasteiger partial charge >= 0.3 is 0 Å². The Hall–Kier alpha value is -2.44. The molecule has 0 amide bonds. The molecule has 0 radical (unpaired) electrons. The molecule has 124 valence electrons. The summed E-state index contributed by atoms with van der Waals surface area (Å²) in [6.45, 7) is 1.09. The lowest BCUT2D eigenvalue weighted by atomic mass is 10.0. The number of hydrogen-bond donors (Lipinski definition) is 1. The lowest BCUT2D eigenvalue weighted by Gasteiger charge is -2.23. The minimum absolute atomic E-state index is 0.0318. The van der Waals surface area contributed by atoms with Gasteiger partial charge in [0.2, 0.25) is 5.76 Å². The zero-order valence-electron chi connectivity index (χ0n) is 12.9. The van der Waals surface area contributed by atoms with Gasteiger partial charge in [-0.15, -0.1) is 0 Å². The molecule has 0 bridgehead atoms. The molecule has 4 rings (SSSR count). The number of nitrogens with zero attached hydrogens (tertiary/aromatic N) is 2. The van der Waals surface area contributed by atoms with Crippen molar-refractivity contribution in [1.29, 1.82) is 0 Å². The minimum atomic E-state index is -0.406. The highest BCUT2D eigenvalue weighted by molar-refractivity contribution is 5.49. The molecular weight excluding hydrogens is 311 g/mol. The Bertz CT molecular complexity index is 798. The van der Waals surface area contributed by atoms with Crippen molar-refractivity contribution in [1.82, 2.24) is 10.1 Å². The zero-order chi connectivity index (χ0) is 16.5. The van der Waals surface area contributed by atoms with Crippen LogP contribution < -0.4 is 0 Å². The first-order valence-electron chi connectivity index (χ1n) is 7.86. The number of aliphatic hydroxyl groups excluding tert-OH is 1. The fourth-order valence-electron chi connectivity index (χ4n) is 3.22. The van der Waals surface area contributed by atoms with Crippen LogP contribution in [0.25, 0.3) is 11.5 Å². The molecule has 1 aromatic carbocycles. The molecule has 1 fully saturated rings. The molecule has 3 aromatic rings. The van der Waals surface area contributed by atoms with Crippen molar-refractivity contribution in [2.24, 2.45) is 0 Å². The first-order chi connectivity index (χ1) is 11.7. The summed E-state index contributed by atoms with van der Waals surface area (Å²) in [6, 6.07) is 11.9. The molecular formula is C18H17FN2O3. The highest BCUT2D eigenvalue weighted by Gasteiger charge is 2.32. The maximum atomic E-state index is 13.1. The SMILES string of the molecule is OC1CC(c2ccc(F)cc2)N(Cc2cc(-c3ccco3)on2)C1. The number of aliphatic hydroxyl groups is 1. The summed E-state index contributed by atoms with van der Waals surface area (Å²) in [7, 11) is 0. The van der Waals surface area contributed by atoms with Gasteiger partial charge in [-0.3, -0.25) is 4.90 Å². The summed E-state index contributed by atoms with van der Waals surface area (Å²) in [5.41, 5.74) is 1.75. The molecule has 0 aliphatic carbocycles. The lowest BCUT2D eigenvalue weighted by molar-refractivity contribution is 0.171. The molecule has 2 aromatic heterocycles. The summed E-state index contributed by atoms with van der Waals surface area (Å²) in [5.74, 6) is 0.946. The molecule has 3 heterocycles. The van der Waals surface area contributed by atoms with Crippen molar-refractivity contribution in [3.05, 3.63) is 65.8 Å². The summed E-state index contributed by atoms with van der Waals surface area (Å²) in [6.07, 6.45) is 1.80. The second-order valence-electron chi connectivity index (χ2n) is 6.05. The average molecular weight is 328 g/mol. The van der Waals surface area contributed by atoms with E-state index in [-0.39, 0.29) is 11.9 Å². The highest BCUT2D eigenvalue weighted by Crippen LogP contribution is 2.33. The third-order valence-electron chi connectivity index (χ3n) is 4.32. The third kappa shape index (κ3) is 2.98. The van der Waals surface area contributed by atoms with Crippen molar-refractivity contribution >= 4 is 0 Å². The van der Waals surface area contributed by atoms with E-state index in [1.165, 1.54) is 12.1 Å². The Labute approximate surface area is 138 Å². The average Bonchev–Trinajstić information content (AvgIpc) is 3.29. The summed E-state index contributed by atoms with van der Waals surface area (Å²) >= 11 is 0. The molecule has 24 heavy (non-hydrogen) atoms.